The Morgan fingerprint density at radius 3 is 2.59 bits per heavy atom. The van der Waals surface area contributed by atoms with Crippen LogP contribution in [0.1, 0.15) is 27.0 Å². The van der Waals surface area contributed by atoms with Crippen LogP contribution in [0.25, 0.3) is 0 Å². The Kier molecular flexibility index (Phi) is 8.03. The lowest BCUT2D eigenvalue weighted by atomic mass is 10.2. The van der Waals surface area contributed by atoms with E-state index in [2.05, 4.69) is 36.5 Å². The summed E-state index contributed by atoms with van der Waals surface area (Å²) in [6.45, 7) is 3.13. The highest BCUT2D eigenvalue weighted by Gasteiger charge is 2.06. The molecule has 1 amide bonds. The second-order valence-corrected chi connectivity index (χ2v) is 8.21. The van der Waals surface area contributed by atoms with Crippen LogP contribution in [0.2, 0.25) is 5.02 Å². The molecule has 0 aliphatic heterocycles. The van der Waals surface area contributed by atoms with Crippen molar-refractivity contribution in [3.05, 3.63) is 100 Å². The fourth-order valence-corrected chi connectivity index (χ4v) is 3.81. The van der Waals surface area contributed by atoms with E-state index >= 15 is 0 Å². The zero-order chi connectivity index (χ0) is 20.5. The molecule has 0 aliphatic carbocycles. The fourth-order valence-electron chi connectivity index (χ4n) is 2.81. The van der Waals surface area contributed by atoms with Gasteiger partial charge in [-0.15, -0.1) is 0 Å². The molecule has 5 heteroatoms. The third kappa shape index (κ3) is 6.84. The first-order valence-electron chi connectivity index (χ1n) is 9.49. The predicted octanol–water partition coefficient (Wildman–Crippen LogP) is 5.89. The van der Waals surface area contributed by atoms with Crippen molar-refractivity contribution in [1.82, 2.24) is 5.32 Å². The number of benzene rings is 3. The Morgan fingerprint density at radius 1 is 1.03 bits per heavy atom. The van der Waals surface area contributed by atoms with Crippen molar-refractivity contribution in [3.8, 4) is 5.75 Å². The van der Waals surface area contributed by atoms with Gasteiger partial charge in [-0.25, -0.2) is 0 Å². The van der Waals surface area contributed by atoms with Gasteiger partial charge in [-0.3, -0.25) is 4.79 Å². The number of amides is 1. The molecule has 3 aromatic carbocycles. The maximum Gasteiger partial charge on any atom is 0.251 e. The molecule has 3 nitrogen and oxygen atoms in total. The number of aryl methyl sites for hydroxylation is 1. The van der Waals surface area contributed by atoms with E-state index in [1.54, 1.807) is 24.3 Å². The summed E-state index contributed by atoms with van der Waals surface area (Å²) in [6.07, 6.45) is 0. The van der Waals surface area contributed by atoms with Crippen LogP contribution in [0.4, 0.5) is 0 Å². The van der Waals surface area contributed by atoms with E-state index in [1.807, 2.05) is 36.0 Å². The number of thioether (sulfide) groups is 1. The lowest BCUT2D eigenvalue weighted by Gasteiger charge is -2.09. The van der Waals surface area contributed by atoms with Gasteiger partial charge in [0, 0.05) is 34.2 Å². The highest BCUT2D eigenvalue weighted by Crippen LogP contribution is 2.19. The molecule has 0 saturated carbocycles. The molecule has 0 heterocycles. The number of rotatable bonds is 9. The highest BCUT2D eigenvalue weighted by molar-refractivity contribution is 7.98. The highest BCUT2D eigenvalue weighted by atomic mass is 35.5. The minimum atomic E-state index is -0.0705. The number of hydrogen-bond acceptors (Lipinski definition) is 3. The monoisotopic (exact) mass is 425 g/mol. The summed E-state index contributed by atoms with van der Waals surface area (Å²) in [5.41, 5.74) is 4.14. The molecule has 3 rings (SSSR count). The van der Waals surface area contributed by atoms with Gasteiger partial charge < -0.3 is 10.1 Å². The van der Waals surface area contributed by atoms with Gasteiger partial charge in [0.15, 0.2) is 0 Å². The van der Waals surface area contributed by atoms with Crippen molar-refractivity contribution in [3.63, 3.8) is 0 Å². The molecule has 0 spiro atoms. The van der Waals surface area contributed by atoms with Crippen molar-refractivity contribution < 1.29 is 9.53 Å². The minimum Gasteiger partial charge on any atom is -0.489 e. The summed E-state index contributed by atoms with van der Waals surface area (Å²) in [5.74, 6) is 2.46. The van der Waals surface area contributed by atoms with Gasteiger partial charge in [0.1, 0.15) is 12.4 Å². The molecular formula is C24H24ClNO2S. The van der Waals surface area contributed by atoms with Crippen LogP contribution in [0.3, 0.4) is 0 Å². The molecule has 0 atom stereocenters. The van der Waals surface area contributed by atoms with Gasteiger partial charge in [-0.1, -0.05) is 59.6 Å². The van der Waals surface area contributed by atoms with Crippen molar-refractivity contribution >= 4 is 29.3 Å². The van der Waals surface area contributed by atoms with Gasteiger partial charge in [0.2, 0.25) is 0 Å². The van der Waals surface area contributed by atoms with Crippen molar-refractivity contribution in [2.24, 2.45) is 0 Å². The first-order chi connectivity index (χ1) is 14.1. The van der Waals surface area contributed by atoms with Gasteiger partial charge in [-0.2, -0.15) is 11.8 Å². The van der Waals surface area contributed by atoms with Crippen LogP contribution in [0.15, 0.2) is 72.8 Å². The Hall–Kier alpha value is -2.43. The van der Waals surface area contributed by atoms with Crippen molar-refractivity contribution in [1.29, 1.82) is 0 Å². The lowest BCUT2D eigenvalue weighted by molar-refractivity contribution is 0.0956. The predicted molar refractivity (Wildman–Crippen MR) is 122 cm³/mol. The van der Waals surface area contributed by atoms with E-state index in [1.165, 1.54) is 11.1 Å². The minimum absolute atomic E-state index is 0.0705. The molecule has 1 N–H and O–H groups in total. The molecular weight excluding hydrogens is 402 g/mol. The maximum atomic E-state index is 12.3. The first-order valence-corrected chi connectivity index (χ1v) is 11.0. The summed E-state index contributed by atoms with van der Waals surface area (Å²) in [7, 11) is 0. The first kappa shape index (κ1) is 21.3. The Bertz CT molecular complexity index is 944. The summed E-state index contributed by atoms with van der Waals surface area (Å²) >= 11 is 7.95. The van der Waals surface area contributed by atoms with Crippen LogP contribution in [0.5, 0.6) is 5.75 Å². The van der Waals surface area contributed by atoms with Crippen LogP contribution >= 0.6 is 23.4 Å². The normalized spacial score (nSPS) is 10.6. The number of nitrogens with one attached hydrogen (secondary N) is 1. The quantitative estimate of drug-likeness (QED) is 0.434. The van der Waals surface area contributed by atoms with Crippen molar-refractivity contribution in [2.75, 3.05) is 12.3 Å². The van der Waals surface area contributed by atoms with Crippen LogP contribution in [-0.4, -0.2) is 18.2 Å². The smallest absolute Gasteiger partial charge is 0.251 e. The lowest BCUT2D eigenvalue weighted by Crippen LogP contribution is -2.25. The number of halogens is 1. The van der Waals surface area contributed by atoms with Gasteiger partial charge in [-0.05, 0) is 42.8 Å². The number of hydrogen-bond donors (Lipinski definition) is 1. The molecule has 0 fully saturated rings. The Morgan fingerprint density at radius 2 is 1.83 bits per heavy atom. The summed E-state index contributed by atoms with van der Waals surface area (Å²) in [6, 6.07) is 23.3. The maximum absolute atomic E-state index is 12.3. The number of carbonyl (C=O) groups excluding carboxylic acids is 1. The zero-order valence-corrected chi connectivity index (χ0v) is 17.9. The number of ether oxygens (including phenoxy) is 1. The average Bonchev–Trinajstić information content (AvgIpc) is 2.73. The van der Waals surface area contributed by atoms with Gasteiger partial charge in [0.25, 0.3) is 5.91 Å². The largest absolute Gasteiger partial charge is 0.489 e. The average molecular weight is 426 g/mol. The van der Waals surface area contributed by atoms with E-state index in [-0.39, 0.29) is 5.91 Å². The Balaban J connectivity index is 1.39. The van der Waals surface area contributed by atoms with Crippen LogP contribution in [0, 0.1) is 6.92 Å². The molecule has 0 saturated heterocycles. The summed E-state index contributed by atoms with van der Waals surface area (Å²) in [5, 5.41) is 3.65. The van der Waals surface area contributed by atoms with E-state index in [0.29, 0.717) is 29.5 Å². The Labute approximate surface area is 181 Å². The molecule has 29 heavy (non-hydrogen) atoms. The van der Waals surface area contributed by atoms with Crippen LogP contribution in [-0.2, 0) is 12.4 Å². The van der Waals surface area contributed by atoms with Gasteiger partial charge in [0.05, 0.1) is 0 Å². The fraction of sp³-hybridized carbons (Fsp3) is 0.208. The zero-order valence-electron chi connectivity index (χ0n) is 16.4. The SMILES string of the molecule is Cc1cccc(CSCCNC(=O)c2ccc(OCc3ccccc3Cl)cc2)c1. The molecule has 0 radical (unpaired) electrons. The molecule has 0 bridgehead atoms. The van der Waals surface area contributed by atoms with E-state index in [9.17, 15) is 4.79 Å². The van der Waals surface area contributed by atoms with E-state index in [4.69, 9.17) is 16.3 Å². The third-order valence-electron chi connectivity index (χ3n) is 4.35. The molecule has 0 unspecified atom stereocenters. The second-order valence-electron chi connectivity index (χ2n) is 6.70. The summed E-state index contributed by atoms with van der Waals surface area (Å²) in [4.78, 5) is 12.3. The molecule has 3 aromatic rings. The van der Waals surface area contributed by atoms with Crippen molar-refractivity contribution in [2.45, 2.75) is 19.3 Å². The molecule has 150 valence electrons. The van der Waals surface area contributed by atoms with E-state index in [0.717, 1.165) is 17.1 Å². The molecule has 0 aromatic heterocycles. The summed E-state index contributed by atoms with van der Waals surface area (Å²) < 4.78 is 5.75. The molecule has 0 aliphatic rings. The van der Waals surface area contributed by atoms with Crippen LogP contribution < -0.4 is 10.1 Å². The third-order valence-corrected chi connectivity index (χ3v) is 5.75. The van der Waals surface area contributed by atoms with E-state index < -0.39 is 0 Å². The standard InChI is InChI=1S/C24H24ClNO2S/c1-18-5-4-6-19(15-18)17-29-14-13-26-24(27)20-9-11-22(12-10-20)28-16-21-7-2-3-8-23(21)25/h2-12,15H,13-14,16-17H2,1H3,(H,26,27). The topological polar surface area (TPSA) is 38.3 Å². The van der Waals surface area contributed by atoms with Gasteiger partial charge >= 0.3 is 0 Å². The second kappa shape index (κ2) is 10.9. The number of carbonyl (C=O) groups is 1.